The Labute approximate surface area is 825 Å². The van der Waals surface area contributed by atoms with Crippen LogP contribution >= 0.6 is 0 Å². The Bertz CT molecular complexity index is 4770. The lowest BCUT2D eigenvalue weighted by Crippen LogP contribution is -2.54. The molecule has 0 aliphatic heterocycles. The van der Waals surface area contributed by atoms with Gasteiger partial charge in [-0.15, -0.1) is 0 Å². The quantitative estimate of drug-likeness (QED) is 0.220. The molecule has 4 heteroatoms. The molecule has 50 unspecified atom stereocenters. The van der Waals surface area contributed by atoms with Gasteiger partial charge in [0, 0.05) is 47.3 Å². The standard InChI is InChI=1S/C18H24.C17H20.C16H20O2.C16H16O2.C16H20.C16H14.C10H16.C9H14.C8H14.C7H12/c1-2-12-9-11(1)15-5-6-17-13-3-4-14(10-13)18(17)8-7-16(12)15;1-2-9-5-8(1)14-12-7-13(15(9)14)17-11-4-3-10(6-11)16(12)17;2*17-15-11-7-1-2-8(5-7)12(11)16(18)14-10-4-3-9(6-10)13(14)15;2*1-2-10-5-9(1)13-7-15-11-3-4-12(6-11)16(15)8-14(10)13;1-2-3-9-6-8-4-5-10(9)7-8;1-2-8-5-7-3-4-9(8)6-7;1-2-5-8-6-3-4-7-8;1-2-7-5-3-4-6-7/h1-4,11-18H,5-10H2;1-4,8-17H,5-7H2;1-4,7-18H,5-6H2;1-4,7-14H,5-6H2;1-4,9-16H,5-8H2;1-4,7-12H,5-6H2;4-5,8-10H,2-3,6-7H2,1H3;3-4,7-9H,2,5-6H2,1H3;3-4,8H,2,5-7H2,1H3;3-4,7H,2,5-6H2,1H3. The number of rotatable bonds is 6. The van der Waals surface area contributed by atoms with Gasteiger partial charge in [-0.05, 0) is 468 Å². The summed E-state index contributed by atoms with van der Waals surface area (Å²) in [5.41, 5.74) is 6.58. The van der Waals surface area contributed by atoms with Crippen molar-refractivity contribution in [3.8, 4) is 0 Å². The lowest BCUT2D eigenvalue weighted by molar-refractivity contribution is -0.148. The average molecular weight is 1830 g/mol. The zero-order valence-corrected chi connectivity index (χ0v) is 84.0. The van der Waals surface area contributed by atoms with Crippen molar-refractivity contribution in [2.45, 2.75) is 275 Å². The van der Waals surface area contributed by atoms with E-state index in [1.165, 1.54) is 154 Å². The summed E-state index contributed by atoms with van der Waals surface area (Å²) in [6.07, 6.45) is 124. The highest BCUT2D eigenvalue weighted by Crippen LogP contribution is 2.76. The zero-order valence-electron chi connectivity index (χ0n) is 84.0. The number of hydrogen-bond donors (Lipinski definition) is 2. The van der Waals surface area contributed by atoms with Crippen LogP contribution in [0.25, 0.3) is 0 Å². The molecule has 2 N–H and O–H groups in total. The highest BCUT2D eigenvalue weighted by Gasteiger charge is 2.71. The van der Waals surface area contributed by atoms with Gasteiger partial charge in [-0.25, -0.2) is 0 Å². The van der Waals surface area contributed by atoms with Gasteiger partial charge in [0.1, 0.15) is 11.6 Å². The van der Waals surface area contributed by atoms with Crippen molar-refractivity contribution < 1.29 is 19.8 Å². The summed E-state index contributed by atoms with van der Waals surface area (Å²) < 4.78 is 0. The molecule has 0 amide bonds. The summed E-state index contributed by atoms with van der Waals surface area (Å²) in [7, 11) is 0. The Balaban J connectivity index is 0.0000000763. The Kier molecular flexibility index (Phi) is 23.1. The number of benzene rings is 1. The lowest BCUT2D eigenvalue weighted by Gasteiger charge is -2.49. The van der Waals surface area contributed by atoms with Crippen LogP contribution in [0.5, 0.6) is 0 Å². The molecule has 37 rings (SSSR count). The van der Waals surface area contributed by atoms with Crippen molar-refractivity contribution in [1.29, 1.82) is 0 Å². The van der Waals surface area contributed by atoms with E-state index in [2.05, 4.69) is 234 Å². The maximum absolute atomic E-state index is 12.8. The van der Waals surface area contributed by atoms with Crippen LogP contribution in [-0.4, -0.2) is 34.0 Å². The fourth-order valence-electron chi connectivity index (χ4n) is 43.7. The van der Waals surface area contributed by atoms with Gasteiger partial charge in [-0.3, -0.25) is 9.59 Å². The molecule has 0 spiro atoms. The van der Waals surface area contributed by atoms with Crippen molar-refractivity contribution in [3.05, 3.63) is 229 Å². The summed E-state index contributed by atoms with van der Waals surface area (Å²) in [4.78, 5) is 25.6. The number of carbonyl (C=O) groups is 2. The molecule has 0 radical (unpaired) electrons. The topological polar surface area (TPSA) is 74.6 Å². The van der Waals surface area contributed by atoms with Crippen LogP contribution in [0.1, 0.15) is 286 Å². The fourth-order valence-corrected chi connectivity index (χ4v) is 43.7. The van der Waals surface area contributed by atoms with E-state index in [-0.39, 0.29) is 35.9 Å². The SMILES string of the molecule is C1=CC2CC1C1C3CC(C21)C1C2C=CC(C2)C31.C1=CC2CC1C1CC3C4C=CC(C4)C3CC21.C1=CC2CC1C1CCC3C4C=CC(C4)C3CCC21.C1=CC2CC1c1cc3c(cc12)C1C=CC3C1.CCC1CC2C=CC1C2.CCC1CC=CC1.CCCC1CC2C=CC1C2.CCCC1CC=CC1.O=C1C2C3C=CC(C3)C2C(=O)C2C3C=CC(C3)C12.OC1C2C3C=CC(C3)C2C(O)C2C3C=CC(C3)C12. The van der Waals surface area contributed by atoms with Crippen LogP contribution in [0.15, 0.2) is 207 Å². The first-order chi connectivity index (χ1) is 67.3. The van der Waals surface area contributed by atoms with Gasteiger partial charge < -0.3 is 10.2 Å². The number of aliphatic hydroxyl groups is 2. The van der Waals surface area contributed by atoms with Crippen LogP contribution in [0.2, 0.25) is 0 Å². The number of aliphatic hydroxyl groups excluding tert-OH is 2. The van der Waals surface area contributed by atoms with Gasteiger partial charge in [-0.2, -0.15) is 0 Å². The molecule has 1 aromatic carbocycles. The second kappa shape index (κ2) is 35.6. The van der Waals surface area contributed by atoms with Crippen molar-refractivity contribution >= 4 is 11.6 Å². The van der Waals surface area contributed by atoms with Crippen LogP contribution < -0.4 is 0 Å². The van der Waals surface area contributed by atoms with Crippen LogP contribution in [-0.2, 0) is 9.59 Å². The number of fused-ring (bicyclic) bond motifs is 70. The summed E-state index contributed by atoms with van der Waals surface area (Å²) in [6.45, 7) is 9.14. The lowest BCUT2D eigenvalue weighted by atomic mass is 9.59. The summed E-state index contributed by atoms with van der Waals surface area (Å²) in [5.74, 6) is 44.3. The van der Waals surface area contributed by atoms with E-state index >= 15 is 0 Å². The van der Waals surface area contributed by atoms with Gasteiger partial charge >= 0.3 is 0 Å². The Morgan fingerprint density at radius 1 is 0.226 bits per heavy atom. The largest absolute Gasteiger partial charge is 0.392 e. The van der Waals surface area contributed by atoms with Gasteiger partial charge in [0.25, 0.3) is 0 Å². The van der Waals surface area contributed by atoms with E-state index in [0.717, 1.165) is 238 Å². The maximum Gasteiger partial charge on any atom is 0.141 e. The third-order valence-electron chi connectivity index (χ3n) is 49.2. The average Bonchev–Trinajstić information content (AvgIpc) is 1.51. The molecule has 137 heavy (non-hydrogen) atoms. The van der Waals surface area contributed by atoms with Crippen LogP contribution in [0.4, 0.5) is 0 Å². The first-order valence-corrected chi connectivity index (χ1v) is 59.8. The number of Topliss-reactive ketones (excluding diaryl/α,β-unsaturated/α-hetero) is 2. The van der Waals surface area contributed by atoms with Gasteiger partial charge in [-0.1, -0.05) is 273 Å². The summed E-state index contributed by atoms with van der Waals surface area (Å²) in [6, 6.07) is 5.07. The minimum absolute atomic E-state index is 0.0431. The molecule has 18 fully saturated rings. The normalized spacial score (nSPS) is 53.7. The van der Waals surface area contributed by atoms with E-state index in [1.807, 2.05) is 0 Å². The predicted octanol–water partition coefficient (Wildman–Crippen LogP) is 29.9. The smallest absolute Gasteiger partial charge is 0.141 e. The molecule has 0 saturated heterocycles. The van der Waals surface area contributed by atoms with Crippen molar-refractivity contribution in [2.24, 2.45) is 296 Å². The summed E-state index contributed by atoms with van der Waals surface area (Å²) >= 11 is 0. The van der Waals surface area contributed by atoms with Crippen molar-refractivity contribution in [2.75, 3.05) is 0 Å². The van der Waals surface area contributed by atoms with Crippen molar-refractivity contribution in [1.82, 2.24) is 0 Å². The predicted molar refractivity (Wildman–Crippen MR) is 555 cm³/mol. The molecule has 0 aromatic heterocycles. The second-order valence-corrected chi connectivity index (χ2v) is 54.4. The van der Waals surface area contributed by atoms with E-state index in [4.69, 9.17) is 0 Å². The van der Waals surface area contributed by atoms with Crippen LogP contribution in [0.3, 0.4) is 0 Å². The summed E-state index contributed by atoms with van der Waals surface area (Å²) in [5, 5.41) is 21.7. The third kappa shape index (κ3) is 14.7. The molecule has 4 nitrogen and oxygen atoms in total. The molecule has 36 aliphatic rings. The minimum atomic E-state index is -0.178. The fraction of sp³-hybridized carbons (Fsp3) is 0.699. The highest BCUT2D eigenvalue weighted by molar-refractivity contribution is 6.02. The Morgan fingerprint density at radius 3 is 0.766 bits per heavy atom. The van der Waals surface area contributed by atoms with Crippen LogP contribution in [0, 0.1) is 296 Å². The second-order valence-electron chi connectivity index (χ2n) is 54.4. The van der Waals surface area contributed by atoms with Gasteiger partial charge in [0.2, 0.25) is 0 Å². The molecule has 726 valence electrons. The number of carbonyl (C=O) groups excluding carboxylic acids is 2. The Morgan fingerprint density at radius 2 is 0.489 bits per heavy atom. The minimum Gasteiger partial charge on any atom is -0.392 e. The van der Waals surface area contributed by atoms with E-state index < -0.39 is 0 Å². The molecule has 0 heterocycles. The highest BCUT2D eigenvalue weighted by atomic mass is 16.3. The van der Waals surface area contributed by atoms with Crippen molar-refractivity contribution in [3.63, 3.8) is 0 Å². The van der Waals surface area contributed by atoms with E-state index in [1.54, 1.807) is 67.2 Å². The number of hydrogen-bond acceptors (Lipinski definition) is 4. The Hall–Kier alpha value is -5.68. The monoisotopic (exact) mass is 1830 g/mol. The first-order valence-electron chi connectivity index (χ1n) is 59.8. The van der Waals surface area contributed by atoms with E-state index in [9.17, 15) is 19.8 Å². The zero-order chi connectivity index (χ0) is 91.2. The van der Waals surface area contributed by atoms with E-state index in [0.29, 0.717) is 82.6 Å². The van der Waals surface area contributed by atoms with Gasteiger partial charge in [0.05, 0.1) is 12.2 Å². The molecule has 50 atom stereocenters. The number of allylic oxidation sites excluding steroid dienone is 32. The van der Waals surface area contributed by atoms with Gasteiger partial charge in [0.15, 0.2) is 0 Å². The molecule has 36 aliphatic carbocycles. The molecule has 1 aromatic rings. The third-order valence-corrected chi connectivity index (χ3v) is 49.2. The maximum atomic E-state index is 12.8. The first kappa shape index (κ1) is 89.0. The number of ketones is 2. The molecular weight excluding hydrogens is 1660 g/mol. The molecule has 30 bridgehead atoms. The molecular formula is C133H170O4. The molecule has 18 saturated carbocycles.